The van der Waals surface area contributed by atoms with Crippen LogP contribution in [0.2, 0.25) is 0 Å². The van der Waals surface area contributed by atoms with Gasteiger partial charge in [0.05, 0.1) is 26.3 Å². The fraction of sp³-hybridized carbons (Fsp3) is 0.431. The van der Waals surface area contributed by atoms with Crippen LogP contribution in [0.1, 0.15) is 89.4 Å². The van der Waals surface area contributed by atoms with Gasteiger partial charge in [-0.05, 0) is 115 Å². The van der Waals surface area contributed by atoms with Crippen molar-refractivity contribution in [2.24, 2.45) is 11.8 Å². The first kappa shape index (κ1) is 48.0. The Morgan fingerprint density at radius 2 is 1.03 bits per heavy atom. The zero-order chi connectivity index (χ0) is 47.8. The average molecular weight is 915 g/mol. The fourth-order valence-electron chi connectivity index (χ4n) is 9.58. The molecule has 16 heteroatoms. The van der Waals surface area contributed by atoms with Crippen molar-refractivity contribution in [1.29, 1.82) is 0 Å². The number of ether oxygens (including phenoxy) is 2. The maximum Gasteiger partial charge on any atom is 0.407 e. The van der Waals surface area contributed by atoms with Crippen LogP contribution in [0, 0.1) is 11.8 Å². The molecular weight excluding hydrogens is 853 g/mol. The number of alkyl carbamates (subject to hydrolysis) is 2. The van der Waals surface area contributed by atoms with E-state index in [-0.39, 0.29) is 47.5 Å². The highest BCUT2D eigenvalue weighted by Gasteiger charge is 2.41. The molecule has 6 atom stereocenters. The lowest BCUT2D eigenvalue weighted by atomic mass is 10.0. The molecule has 4 N–H and O–H groups in total. The standard InChI is InChI=1S/C51H62N8O8/c1-31(2)44(55-50(64)66-5)48(62)57-28-8-11-42(57)46(60)53-37-19-13-34(14-20-37)40-25-26-41(59(40)39-23-17-33(18-24-39)36-10-7-27-52-30-36)35-15-21-38(22-16-35)54-47(61)43-12-9-29-58(43)49(63)45(32(3)4)56-51(65)67-6/h7,10,13-24,27,30-32,40-45H,8-9,11-12,25-26,28-29H2,1-6H3,(H,53,60)(H,54,61)(H,55,64)(H,56,65). The number of nitrogens with zero attached hydrogens (tertiary/aromatic N) is 4. The van der Waals surface area contributed by atoms with Gasteiger partial charge in [-0.3, -0.25) is 24.2 Å². The van der Waals surface area contributed by atoms with Crippen LogP contribution in [0.15, 0.2) is 97.3 Å². The van der Waals surface area contributed by atoms with Gasteiger partial charge in [0.1, 0.15) is 24.2 Å². The van der Waals surface area contributed by atoms with E-state index in [9.17, 15) is 28.8 Å². The first-order chi connectivity index (χ1) is 32.3. The quantitative estimate of drug-likeness (QED) is 0.0988. The molecule has 67 heavy (non-hydrogen) atoms. The van der Waals surface area contributed by atoms with Crippen LogP contribution in [0.3, 0.4) is 0 Å². The third-order valence-corrected chi connectivity index (χ3v) is 13.1. The number of benzene rings is 3. The van der Waals surface area contributed by atoms with Crippen molar-refractivity contribution in [2.45, 2.75) is 102 Å². The molecule has 4 aromatic rings. The minimum absolute atomic E-state index is 0.00850. The van der Waals surface area contributed by atoms with Crippen molar-refractivity contribution >= 4 is 52.9 Å². The van der Waals surface area contributed by atoms with Gasteiger partial charge in [0.25, 0.3) is 0 Å². The fourth-order valence-corrected chi connectivity index (χ4v) is 9.58. The molecule has 0 bridgehead atoms. The second kappa shape index (κ2) is 21.6. The lowest BCUT2D eigenvalue weighted by Gasteiger charge is -2.34. The molecule has 0 spiro atoms. The number of carbonyl (C=O) groups is 6. The molecule has 0 aliphatic carbocycles. The van der Waals surface area contributed by atoms with Crippen molar-refractivity contribution < 1.29 is 38.2 Å². The summed E-state index contributed by atoms with van der Waals surface area (Å²) in [5.41, 5.74) is 6.48. The minimum atomic E-state index is -0.821. The van der Waals surface area contributed by atoms with E-state index in [0.29, 0.717) is 50.1 Å². The van der Waals surface area contributed by atoms with E-state index < -0.39 is 36.4 Å². The Hall–Kier alpha value is -6.97. The van der Waals surface area contributed by atoms with E-state index in [1.165, 1.54) is 14.2 Å². The molecule has 7 rings (SSSR count). The number of anilines is 3. The number of likely N-dealkylation sites (tertiary alicyclic amines) is 2. The highest BCUT2D eigenvalue weighted by atomic mass is 16.5. The van der Waals surface area contributed by atoms with Crippen LogP contribution in [-0.4, -0.2) is 102 Å². The number of nitrogens with one attached hydrogen (secondary N) is 4. The highest BCUT2D eigenvalue weighted by Crippen LogP contribution is 2.47. The van der Waals surface area contributed by atoms with Crippen LogP contribution >= 0.6 is 0 Å². The average Bonchev–Trinajstić information content (AvgIpc) is 4.14. The molecule has 3 aliphatic rings. The van der Waals surface area contributed by atoms with Gasteiger partial charge >= 0.3 is 12.2 Å². The predicted molar refractivity (Wildman–Crippen MR) is 255 cm³/mol. The molecule has 354 valence electrons. The third-order valence-electron chi connectivity index (χ3n) is 13.1. The lowest BCUT2D eigenvalue weighted by Crippen LogP contribution is -2.54. The summed E-state index contributed by atoms with van der Waals surface area (Å²) in [6.45, 7) is 8.18. The minimum Gasteiger partial charge on any atom is -0.453 e. The number of pyridine rings is 1. The van der Waals surface area contributed by atoms with Crippen LogP contribution < -0.4 is 26.2 Å². The number of amides is 6. The van der Waals surface area contributed by atoms with Crippen LogP contribution in [0.5, 0.6) is 0 Å². The van der Waals surface area contributed by atoms with Gasteiger partial charge in [-0.2, -0.15) is 0 Å². The Morgan fingerprint density at radius 3 is 1.42 bits per heavy atom. The Balaban J connectivity index is 1.07. The summed E-state index contributed by atoms with van der Waals surface area (Å²) in [6, 6.07) is 25.2. The first-order valence-electron chi connectivity index (χ1n) is 23.2. The van der Waals surface area contributed by atoms with E-state index in [1.54, 1.807) is 16.0 Å². The smallest absolute Gasteiger partial charge is 0.407 e. The first-order valence-corrected chi connectivity index (χ1v) is 23.2. The van der Waals surface area contributed by atoms with E-state index in [4.69, 9.17) is 9.47 Å². The second-order valence-electron chi connectivity index (χ2n) is 18.1. The summed E-state index contributed by atoms with van der Waals surface area (Å²) >= 11 is 0. The summed E-state index contributed by atoms with van der Waals surface area (Å²) in [5, 5.41) is 11.3. The maximum atomic E-state index is 13.7. The molecule has 3 aromatic carbocycles. The molecule has 3 fully saturated rings. The summed E-state index contributed by atoms with van der Waals surface area (Å²) in [5.74, 6) is -1.60. The number of carbonyl (C=O) groups excluding carboxylic acids is 6. The number of rotatable bonds is 14. The number of methoxy groups -OCH3 is 2. The third kappa shape index (κ3) is 11.0. The zero-order valence-electron chi connectivity index (χ0n) is 39.1. The summed E-state index contributed by atoms with van der Waals surface area (Å²) in [7, 11) is 2.50. The van der Waals surface area contributed by atoms with E-state index >= 15 is 0 Å². The maximum absolute atomic E-state index is 13.7. The molecule has 4 heterocycles. The Bertz CT molecular complexity index is 2250. The van der Waals surface area contributed by atoms with E-state index in [0.717, 1.165) is 40.8 Å². The molecule has 6 amide bonds. The predicted octanol–water partition coefficient (Wildman–Crippen LogP) is 7.45. The SMILES string of the molecule is COC(=O)NC(C(=O)N1CCCC1C(=O)Nc1ccc(C2CCC(c3ccc(NC(=O)C4CCCN4C(=O)C(NC(=O)OC)C(C)C)cc3)N2c2ccc(-c3cccnc3)cc2)cc1)C(C)C. The lowest BCUT2D eigenvalue weighted by molar-refractivity contribution is -0.139. The van der Waals surface area contributed by atoms with Crippen molar-refractivity contribution in [1.82, 2.24) is 25.4 Å². The van der Waals surface area contributed by atoms with Gasteiger partial charge in [-0.15, -0.1) is 0 Å². The number of hydrogen-bond acceptors (Lipinski definition) is 10. The molecule has 6 unspecified atom stereocenters. The van der Waals surface area contributed by atoms with Gasteiger partial charge in [-0.1, -0.05) is 70.2 Å². The monoisotopic (exact) mass is 914 g/mol. The number of aromatic nitrogens is 1. The van der Waals surface area contributed by atoms with Gasteiger partial charge in [0.2, 0.25) is 23.6 Å². The molecule has 3 saturated heterocycles. The molecule has 3 aliphatic heterocycles. The summed E-state index contributed by atoms with van der Waals surface area (Å²) in [6.07, 6.45) is 6.28. The Kier molecular flexibility index (Phi) is 15.4. The zero-order valence-corrected chi connectivity index (χ0v) is 39.1. The van der Waals surface area contributed by atoms with Crippen molar-refractivity contribution in [3.8, 4) is 11.1 Å². The molecular formula is C51H62N8O8. The van der Waals surface area contributed by atoms with Crippen molar-refractivity contribution in [2.75, 3.05) is 42.8 Å². The summed E-state index contributed by atoms with van der Waals surface area (Å²) < 4.78 is 9.49. The van der Waals surface area contributed by atoms with Crippen LogP contribution in [0.4, 0.5) is 26.7 Å². The Morgan fingerprint density at radius 1 is 0.582 bits per heavy atom. The van der Waals surface area contributed by atoms with Gasteiger partial charge in [-0.25, -0.2) is 9.59 Å². The molecule has 0 saturated carbocycles. The molecule has 0 radical (unpaired) electrons. The molecule has 1 aromatic heterocycles. The topological polar surface area (TPSA) is 192 Å². The second-order valence-corrected chi connectivity index (χ2v) is 18.1. The molecule has 16 nitrogen and oxygen atoms in total. The van der Waals surface area contributed by atoms with Crippen LogP contribution in [0.25, 0.3) is 11.1 Å². The summed E-state index contributed by atoms with van der Waals surface area (Å²) in [4.78, 5) is 88.5. The van der Waals surface area contributed by atoms with Crippen LogP contribution in [-0.2, 0) is 28.7 Å². The highest BCUT2D eigenvalue weighted by molar-refractivity contribution is 5.99. The Labute approximate surface area is 392 Å². The number of hydrogen-bond donors (Lipinski definition) is 4. The van der Waals surface area contributed by atoms with E-state index in [2.05, 4.69) is 55.4 Å². The van der Waals surface area contributed by atoms with Gasteiger partial charge in [0, 0.05) is 42.5 Å². The normalized spacial score (nSPS) is 20.0. The van der Waals surface area contributed by atoms with E-state index in [1.807, 2.05) is 94.6 Å². The van der Waals surface area contributed by atoms with Crippen molar-refractivity contribution in [3.05, 3.63) is 108 Å². The van der Waals surface area contributed by atoms with Gasteiger partial charge in [0.15, 0.2) is 0 Å². The van der Waals surface area contributed by atoms with Gasteiger partial charge < -0.3 is 45.4 Å². The largest absolute Gasteiger partial charge is 0.453 e. The van der Waals surface area contributed by atoms with Crippen molar-refractivity contribution in [3.63, 3.8) is 0 Å².